The van der Waals surface area contributed by atoms with Crippen LogP contribution in [0.5, 0.6) is 5.75 Å². The molecule has 1 heterocycles. The standard InChI is InChI=1S/C18H23N3O2/c1-23-17-7-6-16(14-4-2-3-5-15(14)17)18(22)20-10-13-21-11-8-19-9-12-21/h2-7,19H,8-13H2,1H3,(H,20,22). The Morgan fingerprint density at radius 2 is 1.91 bits per heavy atom. The average Bonchev–Trinajstić information content (AvgIpc) is 2.61. The minimum atomic E-state index is -0.0287. The lowest BCUT2D eigenvalue weighted by atomic mass is 10.0. The van der Waals surface area contributed by atoms with Crippen molar-refractivity contribution < 1.29 is 9.53 Å². The molecule has 0 spiro atoms. The Balaban J connectivity index is 1.68. The molecule has 1 fully saturated rings. The lowest BCUT2D eigenvalue weighted by molar-refractivity contribution is 0.0949. The minimum absolute atomic E-state index is 0.0287. The van der Waals surface area contributed by atoms with Crippen LogP contribution in [0.1, 0.15) is 10.4 Å². The first-order valence-electron chi connectivity index (χ1n) is 8.06. The quantitative estimate of drug-likeness (QED) is 0.878. The summed E-state index contributed by atoms with van der Waals surface area (Å²) in [7, 11) is 1.65. The second-order valence-corrected chi connectivity index (χ2v) is 5.71. The Bertz CT molecular complexity index is 681. The van der Waals surface area contributed by atoms with Crippen LogP contribution >= 0.6 is 0 Å². The molecule has 0 aliphatic carbocycles. The molecule has 3 rings (SSSR count). The lowest BCUT2D eigenvalue weighted by Gasteiger charge is -2.27. The number of hydrogen-bond donors (Lipinski definition) is 2. The molecule has 0 aromatic heterocycles. The van der Waals surface area contributed by atoms with E-state index >= 15 is 0 Å². The van der Waals surface area contributed by atoms with Gasteiger partial charge in [0.25, 0.3) is 5.91 Å². The highest BCUT2D eigenvalue weighted by atomic mass is 16.5. The third kappa shape index (κ3) is 3.63. The Morgan fingerprint density at radius 1 is 1.17 bits per heavy atom. The van der Waals surface area contributed by atoms with Crippen LogP contribution < -0.4 is 15.4 Å². The van der Waals surface area contributed by atoms with E-state index in [1.54, 1.807) is 7.11 Å². The predicted molar refractivity (Wildman–Crippen MR) is 92.1 cm³/mol. The van der Waals surface area contributed by atoms with Crippen molar-refractivity contribution in [1.29, 1.82) is 0 Å². The SMILES string of the molecule is COc1ccc(C(=O)NCCN2CCNCC2)c2ccccc12. The summed E-state index contributed by atoms with van der Waals surface area (Å²) in [5.74, 6) is 0.761. The van der Waals surface area contributed by atoms with E-state index in [9.17, 15) is 4.79 Å². The van der Waals surface area contributed by atoms with Crippen LogP contribution in [0, 0.1) is 0 Å². The molecule has 0 saturated carbocycles. The molecule has 122 valence electrons. The number of carbonyl (C=O) groups excluding carboxylic acids is 1. The number of ether oxygens (including phenoxy) is 1. The van der Waals surface area contributed by atoms with E-state index < -0.39 is 0 Å². The van der Waals surface area contributed by atoms with Gasteiger partial charge in [-0.2, -0.15) is 0 Å². The molecule has 0 bridgehead atoms. The van der Waals surface area contributed by atoms with Gasteiger partial charge in [0, 0.05) is 50.2 Å². The van der Waals surface area contributed by atoms with E-state index in [-0.39, 0.29) is 5.91 Å². The van der Waals surface area contributed by atoms with Gasteiger partial charge in [-0.15, -0.1) is 0 Å². The summed E-state index contributed by atoms with van der Waals surface area (Å²) < 4.78 is 5.38. The Labute approximate surface area is 136 Å². The van der Waals surface area contributed by atoms with Crippen molar-refractivity contribution in [3.8, 4) is 5.75 Å². The number of methoxy groups -OCH3 is 1. The smallest absolute Gasteiger partial charge is 0.251 e. The van der Waals surface area contributed by atoms with Crippen LogP contribution in [-0.2, 0) is 0 Å². The number of benzene rings is 2. The summed E-state index contributed by atoms with van der Waals surface area (Å²) in [6.45, 7) is 5.69. The van der Waals surface area contributed by atoms with Crippen molar-refractivity contribution in [3.63, 3.8) is 0 Å². The zero-order chi connectivity index (χ0) is 16.1. The van der Waals surface area contributed by atoms with Gasteiger partial charge in [0.2, 0.25) is 0 Å². The molecule has 0 atom stereocenters. The monoisotopic (exact) mass is 313 g/mol. The summed E-state index contributed by atoms with van der Waals surface area (Å²) in [6.07, 6.45) is 0. The van der Waals surface area contributed by atoms with Gasteiger partial charge in [-0.1, -0.05) is 24.3 Å². The van der Waals surface area contributed by atoms with E-state index in [2.05, 4.69) is 15.5 Å². The third-order valence-corrected chi connectivity index (χ3v) is 4.27. The van der Waals surface area contributed by atoms with Gasteiger partial charge in [0.05, 0.1) is 7.11 Å². The van der Waals surface area contributed by atoms with Crippen molar-refractivity contribution in [1.82, 2.24) is 15.5 Å². The second kappa shape index (κ2) is 7.44. The molecule has 5 heteroatoms. The van der Waals surface area contributed by atoms with E-state index in [1.165, 1.54) is 0 Å². The third-order valence-electron chi connectivity index (χ3n) is 4.27. The zero-order valence-corrected chi connectivity index (χ0v) is 13.5. The first-order valence-corrected chi connectivity index (χ1v) is 8.06. The first-order chi connectivity index (χ1) is 11.3. The summed E-state index contributed by atoms with van der Waals surface area (Å²) in [4.78, 5) is 14.9. The molecular formula is C18H23N3O2. The van der Waals surface area contributed by atoms with Gasteiger partial charge in [0.15, 0.2) is 0 Å². The molecule has 2 aromatic carbocycles. The fourth-order valence-electron chi connectivity index (χ4n) is 3.00. The highest BCUT2D eigenvalue weighted by Crippen LogP contribution is 2.28. The summed E-state index contributed by atoms with van der Waals surface area (Å²) >= 11 is 0. The number of fused-ring (bicyclic) bond motifs is 1. The Morgan fingerprint density at radius 3 is 2.65 bits per heavy atom. The Hall–Kier alpha value is -2.11. The molecular weight excluding hydrogens is 290 g/mol. The first kappa shape index (κ1) is 15.8. The van der Waals surface area contributed by atoms with Gasteiger partial charge < -0.3 is 15.4 Å². The average molecular weight is 313 g/mol. The molecule has 0 unspecified atom stereocenters. The molecule has 1 aliphatic heterocycles. The molecule has 1 amide bonds. The molecule has 0 radical (unpaired) electrons. The number of hydrogen-bond acceptors (Lipinski definition) is 4. The minimum Gasteiger partial charge on any atom is -0.496 e. The van der Waals surface area contributed by atoms with E-state index in [0.29, 0.717) is 12.1 Å². The second-order valence-electron chi connectivity index (χ2n) is 5.71. The van der Waals surface area contributed by atoms with Crippen molar-refractivity contribution in [2.75, 3.05) is 46.4 Å². The van der Waals surface area contributed by atoms with Crippen LogP contribution in [-0.4, -0.2) is 57.2 Å². The van der Waals surface area contributed by atoms with Gasteiger partial charge in [0.1, 0.15) is 5.75 Å². The predicted octanol–water partition coefficient (Wildman–Crippen LogP) is 1.48. The van der Waals surface area contributed by atoms with Crippen LogP contribution in [0.2, 0.25) is 0 Å². The van der Waals surface area contributed by atoms with Gasteiger partial charge >= 0.3 is 0 Å². The fourth-order valence-corrected chi connectivity index (χ4v) is 3.00. The highest BCUT2D eigenvalue weighted by Gasteiger charge is 2.13. The van der Waals surface area contributed by atoms with Crippen molar-refractivity contribution in [2.24, 2.45) is 0 Å². The molecule has 1 aliphatic rings. The molecule has 23 heavy (non-hydrogen) atoms. The molecule has 2 N–H and O–H groups in total. The molecule has 5 nitrogen and oxygen atoms in total. The van der Waals surface area contributed by atoms with Crippen LogP contribution in [0.15, 0.2) is 36.4 Å². The number of carbonyl (C=O) groups is 1. The molecule has 2 aromatic rings. The highest BCUT2D eigenvalue weighted by molar-refractivity contribution is 6.08. The van der Waals surface area contributed by atoms with Gasteiger partial charge in [-0.3, -0.25) is 9.69 Å². The molecule has 1 saturated heterocycles. The lowest BCUT2D eigenvalue weighted by Crippen LogP contribution is -2.46. The summed E-state index contributed by atoms with van der Waals surface area (Å²) in [5.41, 5.74) is 0.696. The van der Waals surface area contributed by atoms with Crippen molar-refractivity contribution in [2.45, 2.75) is 0 Å². The topological polar surface area (TPSA) is 53.6 Å². The largest absolute Gasteiger partial charge is 0.496 e. The maximum absolute atomic E-state index is 12.5. The van der Waals surface area contributed by atoms with Gasteiger partial charge in [-0.25, -0.2) is 0 Å². The van der Waals surface area contributed by atoms with Crippen LogP contribution in [0.4, 0.5) is 0 Å². The van der Waals surface area contributed by atoms with Crippen LogP contribution in [0.25, 0.3) is 10.8 Å². The normalized spacial score (nSPS) is 15.5. The van der Waals surface area contributed by atoms with Gasteiger partial charge in [-0.05, 0) is 17.5 Å². The summed E-state index contributed by atoms with van der Waals surface area (Å²) in [6, 6.07) is 11.5. The van der Waals surface area contributed by atoms with Crippen LogP contribution in [0.3, 0.4) is 0 Å². The number of nitrogens with one attached hydrogen (secondary N) is 2. The van der Waals surface area contributed by atoms with E-state index in [4.69, 9.17) is 4.74 Å². The fraction of sp³-hybridized carbons (Fsp3) is 0.389. The number of rotatable bonds is 5. The van der Waals surface area contributed by atoms with E-state index in [1.807, 2.05) is 36.4 Å². The summed E-state index contributed by atoms with van der Waals surface area (Å²) in [5, 5.41) is 8.25. The number of nitrogens with zero attached hydrogens (tertiary/aromatic N) is 1. The van der Waals surface area contributed by atoms with Crippen molar-refractivity contribution >= 4 is 16.7 Å². The van der Waals surface area contributed by atoms with Crippen molar-refractivity contribution in [3.05, 3.63) is 42.0 Å². The maximum Gasteiger partial charge on any atom is 0.251 e. The number of amides is 1. The Kier molecular flexibility index (Phi) is 5.10. The maximum atomic E-state index is 12.5. The number of piperazine rings is 1. The van der Waals surface area contributed by atoms with E-state index in [0.717, 1.165) is 49.2 Å². The zero-order valence-electron chi connectivity index (χ0n) is 13.5.